The van der Waals surface area contributed by atoms with Gasteiger partial charge in [0.05, 0.1) is 12.6 Å². The molecule has 0 aliphatic carbocycles. The van der Waals surface area contributed by atoms with Gasteiger partial charge in [-0.2, -0.15) is 0 Å². The van der Waals surface area contributed by atoms with Crippen molar-refractivity contribution in [1.82, 2.24) is 10.2 Å². The molecule has 0 aromatic rings. The van der Waals surface area contributed by atoms with Crippen molar-refractivity contribution < 1.29 is 9.59 Å². The fourth-order valence-electron chi connectivity index (χ4n) is 0.739. The maximum absolute atomic E-state index is 11.2. The summed E-state index contributed by atoms with van der Waals surface area (Å²) >= 11 is 0. The number of nitrogens with two attached hydrogens (primary N) is 1. The lowest BCUT2D eigenvalue weighted by Gasteiger charge is -2.13. The van der Waals surface area contributed by atoms with Crippen LogP contribution in [0.5, 0.6) is 0 Å². The molecule has 0 rings (SSSR count). The van der Waals surface area contributed by atoms with Crippen molar-refractivity contribution in [1.29, 1.82) is 0 Å². The first-order chi connectivity index (χ1) is 6.49. The van der Waals surface area contributed by atoms with E-state index in [0.717, 1.165) is 0 Å². The Hall–Kier alpha value is -1.36. The zero-order valence-electron chi connectivity index (χ0n) is 8.62. The summed E-state index contributed by atoms with van der Waals surface area (Å²) in [6, 6.07) is -0.623. The third-order valence-electron chi connectivity index (χ3n) is 1.67. The highest BCUT2D eigenvalue weighted by molar-refractivity contribution is 5.87. The van der Waals surface area contributed by atoms with Crippen LogP contribution in [-0.4, -0.2) is 43.4 Å². The normalized spacial score (nSPS) is 11.6. The molecule has 0 aromatic carbocycles. The second-order valence-corrected chi connectivity index (χ2v) is 3.14. The molecule has 0 fully saturated rings. The Morgan fingerprint density at radius 3 is 2.57 bits per heavy atom. The zero-order chi connectivity index (χ0) is 11.1. The summed E-state index contributed by atoms with van der Waals surface area (Å²) in [5.74, 6) is -0.496. The zero-order valence-corrected chi connectivity index (χ0v) is 8.62. The lowest BCUT2D eigenvalue weighted by Crippen LogP contribution is -2.44. The van der Waals surface area contributed by atoms with Crippen LogP contribution in [0.25, 0.3) is 0 Å². The fourth-order valence-corrected chi connectivity index (χ4v) is 0.739. The first-order valence-corrected chi connectivity index (χ1v) is 4.33. The predicted octanol–water partition coefficient (Wildman–Crippen LogP) is -0.906. The molecule has 80 valence electrons. The number of rotatable bonds is 5. The molecule has 2 amide bonds. The smallest absolute Gasteiger partial charge is 0.241 e. The van der Waals surface area contributed by atoms with Gasteiger partial charge in [0.15, 0.2) is 0 Å². The van der Waals surface area contributed by atoms with Crippen LogP contribution in [0.2, 0.25) is 0 Å². The number of amides is 2. The first kappa shape index (κ1) is 12.6. The van der Waals surface area contributed by atoms with E-state index in [1.54, 1.807) is 20.2 Å². The molecular weight excluding hydrogens is 182 g/mol. The molecule has 1 atom stereocenters. The largest absolute Gasteiger partial charge is 0.347 e. The van der Waals surface area contributed by atoms with E-state index in [4.69, 9.17) is 5.73 Å². The average molecular weight is 199 g/mol. The summed E-state index contributed by atoms with van der Waals surface area (Å²) in [5, 5.41) is 2.45. The van der Waals surface area contributed by atoms with E-state index in [2.05, 4.69) is 11.9 Å². The third kappa shape index (κ3) is 4.61. The van der Waals surface area contributed by atoms with Crippen LogP contribution in [-0.2, 0) is 9.59 Å². The number of nitrogens with zero attached hydrogens (tertiary/aromatic N) is 1. The minimum Gasteiger partial charge on any atom is -0.347 e. The number of nitrogens with one attached hydrogen (secondary N) is 1. The summed E-state index contributed by atoms with van der Waals surface area (Å²) in [5.41, 5.74) is 5.48. The van der Waals surface area contributed by atoms with Crippen LogP contribution in [0.3, 0.4) is 0 Å². The lowest BCUT2D eigenvalue weighted by atomic mass is 10.2. The van der Waals surface area contributed by atoms with Gasteiger partial charge in [-0.1, -0.05) is 6.08 Å². The number of likely N-dealkylation sites (N-methyl/N-ethyl adjacent to an activating group) is 1. The molecule has 0 saturated carbocycles. The van der Waals surface area contributed by atoms with Crippen molar-refractivity contribution in [2.45, 2.75) is 12.5 Å². The Kier molecular flexibility index (Phi) is 5.55. The molecule has 0 aliphatic heterocycles. The summed E-state index contributed by atoms with van der Waals surface area (Å²) in [6.45, 7) is 3.45. The van der Waals surface area contributed by atoms with Gasteiger partial charge in [0.1, 0.15) is 0 Å². The van der Waals surface area contributed by atoms with Crippen molar-refractivity contribution >= 4 is 11.8 Å². The standard InChI is InChI=1S/C9H17N3O2/c1-4-5-7(10)9(14)11-6-8(13)12(2)3/h4,7H,1,5-6,10H2,2-3H3,(H,11,14). The molecule has 3 N–H and O–H groups in total. The van der Waals surface area contributed by atoms with Crippen LogP contribution >= 0.6 is 0 Å². The van der Waals surface area contributed by atoms with Gasteiger partial charge in [-0.15, -0.1) is 6.58 Å². The molecule has 1 unspecified atom stereocenters. The Labute approximate surface area is 83.9 Å². The quantitative estimate of drug-likeness (QED) is 0.563. The highest BCUT2D eigenvalue weighted by Crippen LogP contribution is 1.88. The number of hydrogen-bond acceptors (Lipinski definition) is 3. The topological polar surface area (TPSA) is 75.4 Å². The molecule has 0 aromatic heterocycles. The van der Waals surface area contributed by atoms with Gasteiger partial charge in [0, 0.05) is 14.1 Å². The van der Waals surface area contributed by atoms with Gasteiger partial charge in [-0.05, 0) is 6.42 Å². The number of carbonyl (C=O) groups is 2. The van der Waals surface area contributed by atoms with E-state index in [1.165, 1.54) is 4.90 Å². The van der Waals surface area contributed by atoms with E-state index in [1.807, 2.05) is 0 Å². The Balaban J connectivity index is 3.84. The molecular formula is C9H17N3O2. The summed E-state index contributed by atoms with van der Waals surface area (Å²) < 4.78 is 0. The second-order valence-electron chi connectivity index (χ2n) is 3.14. The van der Waals surface area contributed by atoms with Gasteiger partial charge in [-0.3, -0.25) is 9.59 Å². The van der Waals surface area contributed by atoms with Crippen LogP contribution < -0.4 is 11.1 Å². The third-order valence-corrected chi connectivity index (χ3v) is 1.67. The molecule has 14 heavy (non-hydrogen) atoms. The Bertz CT molecular complexity index is 226. The monoisotopic (exact) mass is 199 g/mol. The van der Waals surface area contributed by atoms with E-state index >= 15 is 0 Å². The fraction of sp³-hybridized carbons (Fsp3) is 0.556. The van der Waals surface area contributed by atoms with Gasteiger partial charge >= 0.3 is 0 Å². The highest BCUT2D eigenvalue weighted by atomic mass is 16.2. The first-order valence-electron chi connectivity index (χ1n) is 4.33. The molecule has 5 nitrogen and oxygen atoms in total. The van der Waals surface area contributed by atoms with Crippen molar-refractivity contribution in [2.24, 2.45) is 5.73 Å². The summed E-state index contributed by atoms with van der Waals surface area (Å²) in [4.78, 5) is 23.7. The molecule has 0 bridgehead atoms. The van der Waals surface area contributed by atoms with Crippen LogP contribution in [0.4, 0.5) is 0 Å². The maximum atomic E-state index is 11.2. The predicted molar refractivity (Wildman–Crippen MR) is 54.5 cm³/mol. The molecule has 0 heterocycles. The van der Waals surface area contributed by atoms with Gasteiger partial charge < -0.3 is 16.0 Å². The molecule has 5 heteroatoms. The molecule has 0 radical (unpaired) electrons. The SMILES string of the molecule is C=CCC(N)C(=O)NCC(=O)N(C)C. The maximum Gasteiger partial charge on any atom is 0.241 e. The Morgan fingerprint density at radius 1 is 1.57 bits per heavy atom. The summed E-state index contributed by atoms with van der Waals surface area (Å²) in [7, 11) is 3.25. The van der Waals surface area contributed by atoms with E-state index in [0.29, 0.717) is 6.42 Å². The average Bonchev–Trinajstić information content (AvgIpc) is 2.13. The van der Waals surface area contributed by atoms with Gasteiger partial charge in [0.25, 0.3) is 0 Å². The van der Waals surface area contributed by atoms with E-state index in [-0.39, 0.29) is 18.4 Å². The van der Waals surface area contributed by atoms with Crippen LogP contribution in [0, 0.1) is 0 Å². The van der Waals surface area contributed by atoms with Gasteiger partial charge in [0.2, 0.25) is 11.8 Å². The number of hydrogen-bond donors (Lipinski definition) is 2. The Morgan fingerprint density at radius 2 is 2.14 bits per heavy atom. The van der Waals surface area contributed by atoms with Crippen molar-refractivity contribution in [3.05, 3.63) is 12.7 Å². The summed E-state index contributed by atoms with van der Waals surface area (Å²) in [6.07, 6.45) is 1.97. The minimum absolute atomic E-state index is 0.0172. The van der Waals surface area contributed by atoms with Crippen LogP contribution in [0.15, 0.2) is 12.7 Å². The molecule has 0 aliphatic rings. The van der Waals surface area contributed by atoms with E-state index < -0.39 is 6.04 Å². The van der Waals surface area contributed by atoms with Crippen molar-refractivity contribution in [2.75, 3.05) is 20.6 Å². The minimum atomic E-state index is -0.623. The highest BCUT2D eigenvalue weighted by Gasteiger charge is 2.12. The molecule has 0 spiro atoms. The van der Waals surface area contributed by atoms with Gasteiger partial charge in [-0.25, -0.2) is 0 Å². The van der Waals surface area contributed by atoms with Crippen molar-refractivity contribution in [3.63, 3.8) is 0 Å². The van der Waals surface area contributed by atoms with Crippen LogP contribution in [0.1, 0.15) is 6.42 Å². The lowest BCUT2D eigenvalue weighted by molar-refractivity contribution is -0.131. The molecule has 0 saturated heterocycles. The van der Waals surface area contributed by atoms with Crippen molar-refractivity contribution in [3.8, 4) is 0 Å². The second kappa shape index (κ2) is 6.15. The number of carbonyl (C=O) groups excluding carboxylic acids is 2. The van der Waals surface area contributed by atoms with E-state index in [9.17, 15) is 9.59 Å².